The van der Waals surface area contributed by atoms with Gasteiger partial charge < -0.3 is 22.9 Å². The Hall–Kier alpha value is -0.740. The molecule has 0 unspecified atom stereocenters. The average molecular weight is 116 g/mol. The van der Waals surface area contributed by atoms with Crippen LogP contribution in [0.3, 0.4) is 0 Å². The van der Waals surface area contributed by atoms with Gasteiger partial charge in [-0.05, 0) is 12.5 Å². The minimum absolute atomic E-state index is 0.208. The molecular formula is C4H12N4. The molecule has 0 aromatic heterocycles. The fourth-order valence-electron chi connectivity index (χ4n) is 0.192. The van der Waals surface area contributed by atoms with Crippen molar-refractivity contribution in [1.29, 1.82) is 0 Å². The molecule has 0 rings (SSSR count). The lowest BCUT2D eigenvalue weighted by atomic mass is 10.2. The van der Waals surface area contributed by atoms with Gasteiger partial charge in [0.05, 0.1) is 12.0 Å². The molecule has 4 heteroatoms. The molecule has 0 aliphatic carbocycles. The highest BCUT2D eigenvalue weighted by Gasteiger charge is 1.97. The van der Waals surface area contributed by atoms with Gasteiger partial charge in [0.15, 0.2) is 0 Å². The monoisotopic (exact) mass is 116 g/mol. The molecule has 0 aromatic carbocycles. The third-order valence-electron chi connectivity index (χ3n) is 0.955. The number of hydrogen-bond acceptors (Lipinski definition) is 4. The number of rotatable bonds is 1. The predicted octanol–water partition coefficient (Wildman–Crippen LogP) is -1.62. The fourth-order valence-corrected chi connectivity index (χ4v) is 0.192. The SMILES string of the molecule is CC(=C(N)N)C(N)N. The average Bonchev–Trinajstić information content (AvgIpc) is 1.64. The van der Waals surface area contributed by atoms with Crippen molar-refractivity contribution in [3.8, 4) is 0 Å². The number of nitrogens with two attached hydrogens (primary N) is 4. The Labute approximate surface area is 48.5 Å². The molecule has 0 saturated carbocycles. The van der Waals surface area contributed by atoms with Crippen molar-refractivity contribution in [2.75, 3.05) is 0 Å². The predicted molar refractivity (Wildman–Crippen MR) is 33.2 cm³/mol. The second-order valence-corrected chi connectivity index (χ2v) is 1.66. The maximum atomic E-state index is 5.20. The van der Waals surface area contributed by atoms with Crippen LogP contribution in [0.4, 0.5) is 0 Å². The molecular weight excluding hydrogens is 104 g/mol. The Morgan fingerprint density at radius 1 is 1.25 bits per heavy atom. The van der Waals surface area contributed by atoms with Crippen LogP contribution in [0.25, 0.3) is 0 Å². The van der Waals surface area contributed by atoms with Gasteiger partial charge in [-0.1, -0.05) is 0 Å². The largest absolute Gasteiger partial charge is 0.386 e. The quantitative estimate of drug-likeness (QED) is 0.309. The van der Waals surface area contributed by atoms with E-state index in [1.807, 2.05) is 0 Å². The fraction of sp³-hybridized carbons (Fsp3) is 0.500. The zero-order valence-electron chi connectivity index (χ0n) is 4.89. The Balaban J connectivity index is 4.00. The highest BCUT2D eigenvalue weighted by Crippen LogP contribution is 1.90. The maximum Gasteiger partial charge on any atom is 0.0951 e. The van der Waals surface area contributed by atoms with Crippen LogP contribution < -0.4 is 22.9 Å². The van der Waals surface area contributed by atoms with E-state index in [9.17, 15) is 0 Å². The highest BCUT2D eigenvalue weighted by molar-refractivity contribution is 5.09. The van der Waals surface area contributed by atoms with Gasteiger partial charge in [-0.2, -0.15) is 0 Å². The van der Waals surface area contributed by atoms with E-state index in [-0.39, 0.29) is 5.82 Å². The normalized spacial score (nSPS) is 9.50. The first kappa shape index (κ1) is 7.26. The van der Waals surface area contributed by atoms with Gasteiger partial charge in [0, 0.05) is 0 Å². The third kappa shape index (κ3) is 1.81. The lowest BCUT2D eigenvalue weighted by Crippen LogP contribution is -2.34. The minimum atomic E-state index is -0.528. The summed E-state index contributed by atoms with van der Waals surface area (Å²) < 4.78 is 0. The van der Waals surface area contributed by atoms with Crippen LogP contribution in [-0.4, -0.2) is 6.17 Å². The van der Waals surface area contributed by atoms with Gasteiger partial charge in [0.1, 0.15) is 0 Å². The Kier molecular flexibility index (Phi) is 2.30. The molecule has 0 spiro atoms. The molecule has 8 N–H and O–H groups in total. The minimum Gasteiger partial charge on any atom is -0.386 e. The van der Waals surface area contributed by atoms with E-state index >= 15 is 0 Å². The van der Waals surface area contributed by atoms with Crippen LogP contribution in [0.2, 0.25) is 0 Å². The number of hydrogen-bond donors (Lipinski definition) is 4. The molecule has 0 aliphatic rings. The molecule has 4 nitrogen and oxygen atoms in total. The van der Waals surface area contributed by atoms with Crippen molar-refractivity contribution in [1.82, 2.24) is 0 Å². The summed E-state index contributed by atoms with van der Waals surface area (Å²) in [4.78, 5) is 0. The summed E-state index contributed by atoms with van der Waals surface area (Å²) >= 11 is 0. The third-order valence-corrected chi connectivity index (χ3v) is 0.955. The van der Waals surface area contributed by atoms with Gasteiger partial charge in [-0.15, -0.1) is 0 Å². The van der Waals surface area contributed by atoms with Crippen molar-refractivity contribution < 1.29 is 0 Å². The second kappa shape index (κ2) is 2.54. The Morgan fingerprint density at radius 2 is 1.62 bits per heavy atom. The first-order valence-corrected chi connectivity index (χ1v) is 2.28. The van der Waals surface area contributed by atoms with E-state index in [0.29, 0.717) is 5.57 Å². The van der Waals surface area contributed by atoms with Gasteiger partial charge in [-0.3, -0.25) is 0 Å². The molecule has 0 radical (unpaired) electrons. The Bertz CT molecular complexity index is 101. The van der Waals surface area contributed by atoms with Crippen molar-refractivity contribution in [2.24, 2.45) is 22.9 Å². The van der Waals surface area contributed by atoms with E-state index < -0.39 is 6.17 Å². The van der Waals surface area contributed by atoms with Crippen molar-refractivity contribution in [2.45, 2.75) is 13.1 Å². The molecule has 0 aromatic rings. The zero-order valence-corrected chi connectivity index (χ0v) is 4.89. The summed E-state index contributed by atoms with van der Waals surface area (Å²) in [5.74, 6) is 0.208. The van der Waals surface area contributed by atoms with Gasteiger partial charge in [-0.25, -0.2) is 0 Å². The van der Waals surface area contributed by atoms with E-state index in [1.165, 1.54) is 0 Å². The molecule has 48 valence electrons. The molecule has 0 amide bonds. The summed E-state index contributed by atoms with van der Waals surface area (Å²) in [6.07, 6.45) is -0.528. The van der Waals surface area contributed by atoms with Crippen LogP contribution in [0.5, 0.6) is 0 Å². The summed E-state index contributed by atoms with van der Waals surface area (Å²) in [6.45, 7) is 1.69. The van der Waals surface area contributed by atoms with Gasteiger partial charge in [0.2, 0.25) is 0 Å². The molecule has 0 heterocycles. The van der Waals surface area contributed by atoms with Crippen LogP contribution in [0, 0.1) is 0 Å². The molecule has 0 atom stereocenters. The smallest absolute Gasteiger partial charge is 0.0951 e. The first-order chi connectivity index (χ1) is 3.55. The first-order valence-electron chi connectivity index (χ1n) is 2.28. The van der Waals surface area contributed by atoms with Crippen molar-refractivity contribution in [3.63, 3.8) is 0 Å². The van der Waals surface area contributed by atoms with Crippen molar-refractivity contribution >= 4 is 0 Å². The summed E-state index contributed by atoms with van der Waals surface area (Å²) in [6, 6.07) is 0. The lowest BCUT2D eigenvalue weighted by Gasteiger charge is -2.05. The lowest BCUT2D eigenvalue weighted by molar-refractivity contribution is 0.798. The molecule has 0 saturated heterocycles. The summed E-state index contributed by atoms with van der Waals surface area (Å²) in [5, 5.41) is 0. The van der Waals surface area contributed by atoms with Gasteiger partial charge >= 0.3 is 0 Å². The van der Waals surface area contributed by atoms with E-state index in [1.54, 1.807) is 6.92 Å². The van der Waals surface area contributed by atoms with Gasteiger partial charge in [0.25, 0.3) is 0 Å². The molecule has 8 heavy (non-hydrogen) atoms. The summed E-state index contributed by atoms with van der Waals surface area (Å²) in [7, 11) is 0. The summed E-state index contributed by atoms with van der Waals surface area (Å²) in [5.41, 5.74) is 21.3. The topological polar surface area (TPSA) is 104 Å². The van der Waals surface area contributed by atoms with Crippen molar-refractivity contribution in [3.05, 3.63) is 11.4 Å². The van der Waals surface area contributed by atoms with Crippen LogP contribution in [0.1, 0.15) is 6.92 Å². The van der Waals surface area contributed by atoms with E-state index in [4.69, 9.17) is 22.9 Å². The maximum absolute atomic E-state index is 5.20. The standard InChI is InChI=1S/C4H12N4/c1-2(3(5)6)4(7)8/h3H,5-8H2,1H3. The Morgan fingerprint density at radius 3 is 1.62 bits per heavy atom. The second-order valence-electron chi connectivity index (χ2n) is 1.66. The molecule has 0 aliphatic heterocycles. The van der Waals surface area contributed by atoms with Crippen LogP contribution >= 0.6 is 0 Å². The zero-order chi connectivity index (χ0) is 6.73. The van der Waals surface area contributed by atoms with E-state index in [2.05, 4.69) is 0 Å². The van der Waals surface area contributed by atoms with Crippen LogP contribution in [-0.2, 0) is 0 Å². The molecule has 0 fully saturated rings. The molecule has 0 bridgehead atoms. The van der Waals surface area contributed by atoms with Crippen LogP contribution in [0.15, 0.2) is 11.4 Å². The van der Waals surface area contributed by atoms with E-state index in [0.717, 1.165) is 0 Å². The highest BCUT2D eigenvalue weighted by atomic mass is 14.9.